The van der Waals surface area contributed by atoms with Crippen molar-refractivity contribution in [3.8, 4) is 0 Å². The van der Waals surface area contributed by atoms with Crippen molar-refractivity contribution >= 4 is 15.9 Å². The largest absolute Gasteiger partial charge is 0.314 e. The molecule has 114 valence electrons. The fourth-order valence-corrected chi connectivity index (χ4v) is 2.71. The predicted octanol–water partition coefficient (Wildman–Crippen LogP) is 5.07. The van der Waals surface area contributed by atoms with Crippen molar-refractivity contribution in [2.45, 2.75) is 52.5 Å². The van der Waals surface area contributed by atoms with Gasteiger partial charge in [-0.05, 0) is 66.2 Å². The van der Waals surface area contributed by atoms with Gasteiger partial charge in [-0.15, -0.1) is 0 Å². The number of hydrogen-bond acceptors (Lipinski definition) is 1. The van der Waals surface area contributed by atoms with Crippen molar-refractivity contribution < 1.29 is 8.78 Å². The first-order valence-electron chi connectivity index (χ1n) is 7.31. The quantitative estimate of drug-likeness (QED) is 0.647. The molecule has 0 saturated heterocycles. The molecule has 0 bridgehead atoms. The standard InChI is InChI=1S/C16H24BrF2N/c1-4-9-20-12(10-11(2)3)5-6-13-15(18)8-7-14(17)16(13)19/h7-8,11-12,20H,4-6,9-10H2,1-3H3. The third-order valence-electron chi connectivity index (χ3n) is 3.32. The number of hydrogen-bond donors (Lipinski definition) is 1. The first-order valence-corrected chi connectivity index (χ1v) is 8.10. The number of nitrogens with one attached hydrogen (secondary N) is 1. The molecule has 0 spiro atoms. The summed E-state index contributed by atoms with van der Waals surface area (Å²) < 4.78 is 28.0. The van der Waals surface area contributed by atoms with Crippen LogP contribution >= 0.6 is 15.9 Å². The second kappa shape index (κ2) is 8.73. The topological polar surface area (TPSA) is 12.0 Å². The molecule has 4 heteroatoms. The second-order valence-corrected chi connectivity index (χ2v) is 6.50. The summed E-state index contributed by atoms with van der Waals surface area (Å²) in [4.78, 5) is 0. The Labute approximate surface area is 129 Å². The highest BCUT2D eigenvalue weighted by molar-refractivity contribution is 9.10. The molecule has 0 heterocycles. The number of halogens is 3. The van der Waals surface area contributed by atoms with Gasteiger partial charge in [0.15, 0.2) is 0 Å². The first-order chi connectivity index (χ1) is 9.45. The Kier molecular flexibility index (Phi) is 7.67. The Balaban J connectivity index is 2.69. The third kappa shape index (κ3) is 5.49. The fraction of sp³-hybridized carbons (Fsp3) is 0.625. The lowest BCUT2D eigenvalue weighted by molar-refractivity contribution is 0.394. The van der Waals surface area contributed by atoms with E-state index in [0.717, 1.165) is 25.8 Å². The van der Waals surface area contributed by atoms with E-state index in [0.29, 0.717) is 22.9 Å². The van der Waals surface area contributed by atoms with E-state index in [4.69, 9.17) is 0 Å². The van der Waals surface area contributed by atoms with Gasteiger partial charge in [0.25, 0.3) is 0 Å². The van der Waals surface area contributed by atoms with E-state index in [9.17, 15) is 8.78 Å². The van der Waals surface area contributed by atoms with E-state index in [1.165, 1.54) is 12.1 Å². The van der Waals surface area contributed by atoms with E-state index in [1.807, 2.05) is 0 Å². The van der Waals surface area contributed by atoms with Gasteiger partial charge < -0.3 is 5.32 Å². The van der Waals surface area contributed by atoms with Crippen molar-refractivity contribution in [3.05, 3.63) is 33.8 Å². The molecule has 1 N–H and O–H groups in total. The fourth-order valence-electron chi connectivity index (χ4n) is 2.34. The summed E-state index contributed by atoms with van der Waals surface area (Å²) in [5, 5.41) is 3.47. The summed E-state index contributed by atoms with van der Waals surface area (Å²) in [5.41, 5.74) is 0.187. The van der Waals surface area contributed by atoms with Crippen LogP contribution in [0.5, 0.6) is 0 Å². The minimum Gasteiger partial charge on any atom is -0.314 e. The molecular weight excluding hydrogens is 324 g/mol. The van der Waals surface area contributed by atoms with E-state index < -0.39 is 11.6 Å². The highest BCUT2D eigenvalue weighted by atomic mass is 79.9. The molecule has 0 radical (unpaired) electrons. The normalized spacial score (nSPS) is 12.9. The van der Waals surface area contributed by atoms with Gasteiger partial charge in [-0.2, -0.15) is 0 Å². The Bertz CT molecular complexity index is 421. The van der Waals surface area contributed by atoms with Crippen LogP contribution in [0.2, 0.25) is 0 Å². The van der Waals surface area contributed by atoms with Gasteiger partial charge in [-0.3, -0.25) is 0 Å². The average Bonchev–Trinajstić information content (AvgIpc) is 2.39. The number of rotatable bonds is 8. The summed E-state index contributed by atoms with van der Waals surface area (Å²) in [5.74, 6) is -0.352. The molecular formula is C16H24BrF2N. The molecule has 0 amide bonds. The minimum atomic E-state index is -0.469. The van der Waals surface area contributed by atoms with Crippen LogP contribution in [0.25, 0.3) is 0 Å². The molecule has 0 fully saturated rings. The van der Waals surface area contributed by atoms with Gasteiger partial charge in [0.1, 0.15) is 11.6 Å². The smallest absolute Gasteiger partial charge is 0.143 e. The third-order valence-corrected chi connectivity index (χ3v) is 3.93. The Hall–Kier alpha value is -0.480. The van der Waals surface area contributed by atoms with Gasteiger partial charge in [0.2, 0.25) is 0 Å². The van der Waals surface area contributed by atoms with Gasteiger partial charge in [-0.25, -0.2) is 8.78 Å². The average molecular weight is 348 g/mol. The molecule has 0 aliphatic rings. The molecule has 0 aliphatic carbocycles. The van der Waals surface area contributed by atoms with Crippen LogP contribution in [0, 0.1) is 17.6 Å². The van der Waals surface area contributed by atoms with E-state index >= 15 is 0 Å². The predicted molar refractivity (Wildman–Crippen MR) is 83.9 cm³/mol. The maximum atomic E-state index is 13.9. The molecule has 1 nitrogen and oxygen atoms in total. The zero-order valence-corrected chi connectivity index (χ0v) is 14.1. The minimum absolute atomic E-state index is 0.187. The van der Waals surface area contributed by atoms with E-state index in [-0.39, 0.29) is 5.56 Å². The molecule has 1 unspecified atom stereocenters. The van der Waals surface area contributed by atoms with Crippen LogP contribution in [-0.4, -0.2) is 12.6 Å². The summed E-state index contributed by atoms with van der Waals surface area (Å²) in [7, 11) is 0. The van der Waals surface area contributed by atoms with Crippen LogP contribution in [0.1, 0.15) is 45.6 Å². The van der Waals surface area contributed by atoms with E-state index in [1.54, 1.807) is 0 Å². The summed E-state index contributed by atoms with van der Waals surface area (Å²) in [6.45, 7) is 7.40. The molecule has 1 aromatic carbocycles. The van der Waals surface area contributed by atoms with Crippen LogP contribution in [0.3, 0.4) is 0 Å². The van der Waals surface area contributed by atoms with Gasteiger partial charge in [-0.1, -0.05) is 20.8 Å². The maximum absolute atomic E-state index is 13.9. The summed E-state index contributed by atoms with van der Waals surface area (Å²) in [6.07, 6.45) is 3.26. The van der Waals surface area contributed by atoms with Crippen LogP contribution in [-0.2, 0) is 6.42 Å². The SMILES string of the molecule is CCCNC(CCc1c(F)ccc(Br)c1F)CC(C)C. The van der Waals surface area contributed by atoms with Gasteiger partial charge >= 0.3 is 0 Å². The summed E-state index contributed by atoms with van der Waals surface area (Å²) in [6, 6.07) is 3.04. The van der Waals surface area contributed by atoms with Gasteiger partial charge in [0, 0.05) is 11.6 Å². The van der Waals surface area contributed by atoms with Crippen molar-refractivity contribution in [2.75, 3.05) is 6.54 Å². The lowest BCUT2D eigenvalue weighted by atomic mass is 9.97. The van der Waals surface area contributed by atoms with Gasteiger partial charge in [0.05, 0.1) is 4.47 Å². The lowest BCUT2D eigenvalue weighted by Crippen LogP contribution is -2.31. The zero-order chi connectivity index (χ0) is 15.1. The Morgan fingerprint density at radius 2 is 1.95 bits per heavy atom. The zero-order valence-electron chi connectivity index (χ0n) is 12.5. The second-order valence-electron chi connectivity index (χ2n) is 5.64. The molecule has 1 atom stereocenters. The monoisotopic (exact) mass is 347 g/mol. The summed E-state index contributed by atoms with van der Waals surface area (Å²) >= 11 is 3.11. The molecule has 1 rings (SSSR count). The van der Waals surface area contributed by atoms with Crippen molar-refractivity contribution in [1.29, 1.82) is 0 Å². The highest BCUT2D eigenvalue weighted by Gasteiger charge is 2.16. The van der Waals surface area contributed by atoms with Crippen LogP contribution in [0.4, 0.5) is 8.78 Å². The van der Waals surface area contributed by atoms with Crippen molar-refractivity contribution in [1.82, 2.24) is 5.32 Å². The Morgan fingerprint density at radius 1 is 1.25 bits per heavy atom. The molecule has 0 aliphatic heterocycles. The highest BCUT2D eigenvalue weighted by Crippen LogP contribution is 2.23. The molecule has 0 aromatic heterocycles. The van der Waals surface area contributed by atoms with Crippen molar-refractivity contribution in [2.24, 2.45) is 5.92 Å². The number of benzene rings is 1. The molecule has 1 aromatic rings. The van der Waals surface area contributed by atoms with Crippen molar-refractivity contribution in [3.63, 3.8) is 0 Å². The lowest BCUT2D eigenvalue weighted by Gasteiger charge is -2.21. The Morgan fingerprint density at radius 3 is 2.55 bits per heavy atom. The molecule has 0 saturated carbocycles. The van der Waals surface area contributed by atoms with Crippen LogP contribution < -0.4 is 5.32 Å². The van der Waals surface area contributed by atoms with E-state index in [2.05, 4.69) is 42.0 Å². The maximum Gasteiger partial charge on any atom is 0.143 e. The first kappa shape index (κ1) is 17.6. The molecule has 20 heavy (non-hydrogen) atoms. The van der Waals surface area contributed by atoms with Crippen LogP contribution in [0.15, 0.2) is 16.6 Å².